The maximum absolute atomic E-state index is 6.12. The number of likely N-dealkylation sites (tertiary alicyclic amines) is 1. The normalized spacial score (nSPS) is 26.2. The Morgan fingerprint density at radius 1 is 1.10 bits per heavy atom. The number of nitrogens with zero attached hydrogens (tertiary/aromatic N) is 2. The van der Waals surface area contributed by atoms with Crippen LogP contribution in [0.3, 0.4) is 0 Å². The fraction of sp³-hybridized carbons (Fsp3) is 0.296. The first-order chi connectivity index (χ1) is 14.7. The van der Waals surface area contributed by atoms with E-state index in [4.69, 9.17) is 9.73 Å². The summed E-state index contributed by atoms with van der Waals surface area (Å²) in [6, 6.07) is 20.8. The van der Waals surface area contributed by atoms with E-state index in [9.17, 15) is 0 Å². The van der Waals surface area contributed by atoms with Gasteiger partial charge < -0.3 is 4.74 Å². The first kappa shape index (κ1) is 19.1. The Morgan fingerprint density at radius 2 is 1.83 bits per heavy atom. The molecule has 2 heterocycles. The lowest BCUT2D eigenvalue weighted by atomic mass is 9.73. The van der Waals surface area contributed by atoms with E-state index >= 15 is 0 Å². The third-order valence-electron chi connectivity index (χ3n) is 6.73. The van der Waals surface area contributed by atoms with Gasteiger partial charge in [0.25, 0.3) is 0 Å². The minimum Gasteiger partial charge on any atom is -0.457 e. The molecule has 30 heavy (non-hydrogen) atoms. The maximum atomic E-state index is 6.12. The second kappa shape index (κ2) is 7.73. The van der Waals surface area contributed by atoms with Crippen molar-refractivity contribution in [1.82, 2.24) is 4.90 Å². The molecule has 0 amide bonds. The topological polar surface area (TPSA) is 24.8 Å². The van der Waals surface area contributed by atoms with E-state index < -0.39 is 0 Å². The first-order valence-corrected chi connectivity index (χ1v) is 10.9. The zero-order chi connectivity index (χ0) is 20.6. The molecule has 0 bridgehead atoms. The van der Waals surface area contributed by atoms with Gasteiger partial charge in [-0.2, -0.15) is 0 Å². The van der Waals surface area contributed by atoms with Crippen LogP contribution in [0.1, 0.15) is 31.7 Å². The zero-order valence-corrected chi connectivity index (χ0v) is 17.7. The molecule has 3 nitrogen and oxygen atoms in total. The van der Waals surface area contributed by atoms with Crippen LogP contribution < -0.4 is 4.74 Å². The molecule has 3 unspecified atom stereocenters. The van der Waals surface area contributed by atoms with Gasteiger partial charge in [-0.15, -0.1) is 0 Å². The Hall–Kier alpha value is -2.91. The van der Waals surface area contributed by atoms with Gasteiger partial charge in [-0.1, -0.05) is 61.5 Å². The third kappa shape index (κ3) is 3.23. The molecule has 1 saturated heterocycles. The van der Waals surface area contributed by atoms with Gasteiger partial charge in [-0.05, 0) is 48.6 Å². The molecular formula is C27H28N2O. The van der Waals surface area contributed by atoms with E-state index in [1.54, 1.807) is 0 Å². The molecule has 1 aliphatic carbocycles. The lowest BCUT2D eigenvalue weighted by Gasteiger charge is -2.44. The minimum atomic E-state index is -0.161. The van der Waals surface area contributed by atoms with E-state index in [1.807, 2.05) is 30.3 Å². The van der Waals surface area contributed by atoms with Crippen LogP contribution in [0.25, 0.3) is 0 Å². The maximum Gasteiger partial charge on any atom is 0.129 e. The largest absolute Gasteiger partial charge is 0.457 e. The lowest BCUT2D eigenvalue weighted by molar-refractivity contribution is 0.212. The van der Waals surface area contributed by atoms with Crippen molar-refractivity contribution in [2.24, 2.45) is 10.9 Å². The lowest BCUT2D eigenvalue weighted by Crippen LogP contribution is -2.55. The Bertz CT molecular complexity index is 1040. The second-order valence-corrected chi connectivity index (χ2v) is 8.61. The molecule has 2 aliphatic heterocycles. The summed E-state index contributed by atoms with van der Waals surface area (Å²) < 4.78 is 6.12. The molecule has 2 aromatic rings. The molecule has 152 valence electrons. The van der Waals surface area contributed by atoms with Crippen molar-refractivity contribution in [1.29, 1.82) is 0 Å². The van der Waals surface area contributed by atoms with Gasteiger partial charge in [0.2, 0.25) is 0 Å². The highest BCUT2D eigenvalue weighted by Gasteiger charge is 2.53. The molecule has 1 fully saturated rings. The van der Waals surface area contributed by atoms with Crippen molar-refractivity contribution in [3.63, 3.8) is 0 Å². The Balaban J connectivity index is 1.44. The van der Waals surface area contributed by atoms with Crippen molar-refractivity contribution in [3.8, 4) is 5.75 Å². The van der Waals surface area contributed by atoms with Crippen LogP contribution in [-0.4, -0.2) is 29.2 Å². The van der Waals surface area contributed by atoms with Gasteiger partial charge in [0.1, 0.15) is 11.5 Å². The van der Waals surface area contributed by atoms with Crippen molar-refractivity contribution in [2.45, 2.75) is 31.7 Å². The van der Waals surface area contributed by atoms with Crippen LogP contribution in [0.5, 0.6) is 5.75 Å². The van der Waals surface area contributed by atoms with Gasteiger partial charge in [0.15, 0.2) is 0 Å². The zero-order valence-electron chi connectivity index (χ0n) is 17.7. The number of allylic oxidation sites excluding steroid dienone is 1. The summed E-state index contributed by atoms with van der Waals surface area (Å²) in [7, 11) is 0. The standard InChI is InChI=1S/C27H28N2O/c1-20-18-28-26-17-24(30-23-11-7-4-8-12-23)13-15-27(26)25(20)14-16-29(27)19-21(2)22-9-5-3-6-10-22/h3-13,15,17-18,21,25H,14,16,19H2,1-2H3. The quantitative estimate of drug-likeness (QED) is 0.644. The van der Waals surface area contributed by atoms with Gasteiger partial charge in [-0.3, -0.25) is 9.89 Å². The average Bonchev–Trinajstić information content (AvgIpc) is 3.15. The van der Waals surface area contributed by atoms with Gasteiger partial charge in [0, 0.05) is 31.3 Å². The molecule has 3 heteroatoms. The van der Waals surface area contributed by atoms with Crippen molar-refractivity contribution in [3.05, 3.63) is 102 Å². The molecule has 0 N–H and O–H groups in total. The number of rotatable bonds is 5. The van der Waals surface area contributed by atoms with Gasteiger partial charge in [0.05, 0.1) is 11.3 Å². The van der Waals surface area contributed by atoms with Crippen LogP contribution in [0.2, 0.25) is 0 Å². The summed E-state index contributed by atoms with van der Waals surface area (Å²) >= 11 is 0. The summed E-state index contributed by atoms with van der Waals surface area (Å²) in [5.74, 6) is 2.63. The third-order valence-corrected chi connectivity index (χ3v) is 6.73. The number of aliphatic imine (C=N–C) groups is 1. The molecular weight excluding hydrogens is 368 g/mol. The molecule has 3 atom stereocenters. The summed E-state index contributed by atoms with van der Waals surface area (Å²) in [5, 5.41) is 0. The van der Waals surface area contributed by atoms with Crippen LogP contribution in [-0.2, 0) is 0 Å². The smallest absolute Gasteiger partial charge is 0.129 e. The Labute approximate surface area is 179 Å². The monoisotopic (exact) mass is 396 g/mol. The van der Waals surface area contributed by atoms with Gasteiger partial charge >= 0.3 is 0 Å². The van der Waals surface area contributed by atoms with Crippen LogP contribution >= 0.6 is 0 Å². The summed E-state index contributed by atoms with van der Waals surface area (Å²) in [6.07, 6.45) is 9.83. The number of benzene rings is 2. The average molecular weight is 397 g/mol. The van der Waals surface area contributed by atoms with E-state index in [0.29, 0.717) is 11.8 Å². The highest BCUT2D eigenvalue weighted by molar-refractivity contribution is 6.07. The van der Waals surface area contributed by atoms with E-state index in [2.05, 4.69) is 73.5 Å². The molecule has 0 radical (unpaired) electrons. The van der Waals surface area contributed by atoms with E-state index in [0.717, 1.165) is 36.7 Å². The van der Waals surface area contributed by atoms with Gasteiger partial charge in [-0.25, -0.2) is 0 Å². The number of para-hydroxylation sites is 1. The molecule has 1 spiro atoms. The number of ether oxygens (including phenoxy) is 1. The Morgan fingerprint density at radius 3 is 2.60 bits per heavy atom. The molecule has 0 aromatic heterocycles. The number of hydrogen-bond acceptors (Lipinski definition) is 3. The number of hydrogen-bond donors (Lipinski definition) is 0. The molecule has 5 rings (SSSR count). The predicted octanol–water partition coefficient (Wildman–Crippen LogP) is 5.74. The fourth-order valence-corrected chi connectivity index (χ4v) is 5.19. The molecule has 0 saturated carbocycles. The highest BCUT2D eigenvalue weighted by Crippen LogP contribution is 2.46. The van der Waals surface area contributed by atoms with Crippen LogP contribution in [0.15, 0.2) is 101 Å². The van der Waals surface area contributed by atoms with E-state index in [1.165, 1.54) is 11.1 Å². The van der Waals surface area contributed by atoms with E-state index in [-0.39, 0.29) is 5.54 Å². The highest BCUT2D eigenvalue weighted by atomic mass is 16.5. The van der Waals surface area contributed by atoms with Crippen molar-refractivity contribution < 1.29 is 4.74 Å². The summed E-state index contributed by atoms with van der Waals surface area (Å²) in [4.78, 5) is 7.53. The fourth-order valence-electron chi connectivity index (χ4n) is 5.19. The summed E-state index contributed by atoms with van der Waals surface area (Å²) in [5.41, 5.74) is 3.71. The summed E-state index contributed by atoms with van der Waals surface area (Å²) in [6.45, 7) is 6.65. The van der Waals surface area contributed by atoms with Crippen LogP contribution in [0.4, 0.5) is 0 Å². The minimum absolute atomic E-state index is 0.161. The SMILES string of the molecule is CC1=CN=C2C=C(Oc3ccccc3)C=CC23C1CCN3CC(C)c1ccccc1. The second-order valence-electron chi connectivity index (χ2n) is 8.61. The molecule has 2 aromatic carbocycles. The Kier molecular flexibility index (Phi) is 4.92. The van der Waals surface area contributed by atoms with Crippen molar-refractivity contribution >= 4 is 5.71 Å². The van der Waals surface area contributed by atoms with Crippen molar-refractivity contribution in [2.75, 3.05) is 13.1 Å². The molecule has 3 aliphatic rings. The van der Waals surface area contributed by atoms with Crippen LogP contribution in [0, 0.1) is 5.92 Å². The predicted molar refractivity (Wildman–Crippen MR) is 123 cm³/mol. The first-order valence-electron chi connectivity index (χ1n) is 10.9.